The van der Waals surface area contributed by atoms with Crippen molar-refractivity contribution in [3.05, 3.63) is 0 Å². The third-order valence-corrected chi connectivity index (χ3v) is 1.40. The molecule has 1 atom stereocenters. The van der Waals surface area contributed by atoms with Crippen LogP contribution in [-0.2, 0) is 10.1 Å². The molecule has 0 aromatic rings. The van der Waals surface area contributed by atoms with Crippen LogP contribution in [-0.4, -0.2) is 43.9 Å². The Bertz CT molecular complexity index is 344. The molecule has 16 heavy (non-hydrogen) atoms. The second-order valence-corrected chi connectivity index (χ2v) is 4.49. The van der Waals surface area contributed by atoms with Gasteiger partial charge in [-0.05, 0) is 6.42 Å². The number of rotatable bonds is 0. The molecule has 4 N–H and O–H groups in total. The first-order valence-corrected chi connectivity index (χ1v) is 5.91. The van der Waals surface area contributed by atoms with Gasteiger partial charge in [0.1, 0.15) is 0 Å². The predicted octanol–water partition coefficient (Wildman–Crippen LogP) is -0.271. The van der Waals surface area contributed by atoms with Crippen molar-refractivity contribution in [1.29, 1.82) is 0 Å². The van der Waals surface area contributed by atoms with Crippen molar-refractivity contribution in [3.8, 4) is 0 Å². The molecule has 96 valence electrons. The summed E-state index contributed by atoms with van der Waals surface area (Å²) in [4.78, 5) is 3.21. The number of aliphatic imine (C=N–C) groups is 1. The highest BCUT2D eigenvalue weighted by Crippen LogP contribution is 2.25. The summed E-state index contributed by atoms with van der Waals surface area (Å²) in [6, 6.07) is -1.62. The number of hydrogen-bond acceptors (Lipinski definition) is 5. The van der Waals surface area contributed by atoms with Gasteiger partial charge in [0.2, 0.25) is 0 Å². The first kappa shape index (κ1) is 15.0. The molecule has 1 aliphatic rings. The van der Waals surface area contributed by atoms with Gasteiger partial charge in [-0.1, -0.05) is 0 Å². The zero-order valence-corrected chi connectivity index (χ0v) is 9.14. The molecule has 0 fully saturated rings. The highest BCUT2D eigenvalue weighted by atomic mass is 32.2. The van der Waals surface area contributed by atoms with Gasteiger partial charge in [0, 0.05) is 6.54 Å². The van der Waals surface area contributed by atoms with E-state index in [2.05, 4.69) is 10.3 Å². The Hall–Kier alpha value is -1.03. The molecule has 1 rings (SSSR count). The Morgan fingerprint density at radius 1 is 1.56 bits per heavy atom. The molecule has 0 aliphatic carbocycles. The zero-order valence-electron chi connectivity index (χ0n) is 8.32. The quantitative estimate of drug-likeness (QED) is 0.522. The molecule has 0 aromatic carbocycles. The van der Waals surface area contributed by atoms with E-state index in [0.717, 1.165) is 0 Å². The van der Waals surface area contributed by atoms with E-state index >= 15 is 0 Å². The van der Waals surface area contributed by atoms with E-state index in [1.807, 2.05) is 0 Å². The molecule has 0 radical (unpaired) electrons. The lowest BCUT2D eigenvalue weighted by Gasteiger charge is -2.21. The molecule has 0 spiro atoms. The van der Waals surface area contributed by atoms with E-state index in [-0.39, 0.29) is 18.9 Å². The lowest BCUT2D eigenvalue weighted by atomic mass is 10.2. The summed E-state index contributed by atoms with van der Waals surface area (Å²) >= 11 is 0. The second kappa shape index (κ2) is 5.34. The van der Waals surface area contributed by atoms with E-state index in [4.69, 9.17) is 10.3 Å². The van der Waals surface area contributed by atoms with Gasteiger partial charge in [-0.25, -0.2) is 4.99 Å². The Morgan fingerprint density at radius 2 is 2.00 bits per heavy atom. The Labute approximate surface area is 90.5 Å². The molecule has 0 saturated carbocycles. The van der Waals surface area contributed by atoms with Crippen LogP contribution in [0.5, 0.6) is 0 Å². The van der Waals surface area contributed by atoms with Crippen LogP contribution < -0.4 is 11.1 Å². The third kappa shape index (κ3) is 8.29. The fourth-order valence-electron chi connectivity index (χ4n) is 0.852. The standard InChI is InChI=1S/C5H8F3N3.CH4O3S/c6-5(7,8)3-1-2-10-4(9)11-3;1-5(2,3)4/h3H,1-2H2,(H3,9,10,11);1H3,(H,2,3,4). The lowest BCUT2D eigenvalue weighted by molar-refractivity contribution is -0.148. The summed E-state index contributed by atoms with van der Waals surface area (Å²) in [5.74, 6) is -0.126. The van der Waals surface area contributed by atoms with Gasteiger partial charge in [0.15, 0.2) is 12.0 Å². The summed E-state index contributed by atoms with van der Waals surface area (Å²) < 4.78 is 61.6. The van der Waals surface area contributed by atoms with Crippen molar-refractivity contribution in [2.45, 2.75) is 18.6 Å². The smallest absolute Gasteiger partial charge is 0.370 e. The summed E-state index contributed by atoms with van der Waals surface area (Å²) in [6.07, 6.45) is -3.58. The van der Waals surface area contributed by atoms with Crippen molar-refractivity contribution in [2.75, 3.05) is 12.8 Å². The van der Waals surface area contributed by atoms with E-state index in [1.54, 1.807) is 0 Å². The maximum atomic E-state index is 11.9. The van der Waals surface area contributed by atoms with Crippen molar-refractivity contribution < 1.29 is 26.1 Å². The first-order chi connectivity index (χ1) is 7.00. The Kier molecular flexibility index (Phi) is 5.00. The van der Waals surface area contributed by atoms with E-state index < -0.39 is 22.3 Å². The molecule has 0 aromatic heterocycles. The number of nitrogens with zero attached hydrogens (tertiary/aromatic N) is 1. The van der Waals surface area contributed by atoms with Gasteiger partial charge in [-0.2, -0.15) is 21.6 Å². The number of nitrogens with one attached hydrogen (secondary N) is 1. The minimum absolute atomic E-state index is 0.0375. The molecule has 1 unspecified atom stereocenters. The van der Waals surface area contributed by atoms with Crippen molar-refractivity contribution in [1.82, 2.24) is 5.32 Å². The monoisotopic (exact) mass is 263 g/mol. The van der Waals surface area contributed by atoms with Crippen LogP contribution in [0.1, 0.15) is 6.42 Å². The summed E-state index contributed by atoms with van der Waals surface area (Å²) in [6.45, 7) is 0.236. The number of hydrogen-bond donors (Lipinski definition) is 3. The normalized spacial score (nSPS) is 21.3. The number of nitrogens with two attached hydrogens (primary N) is 1. The number of alkyl halides is 3. The SMILES string of the molecule is CS(=O)(=O)O.NC1=NC(C(F)(F)F)CCN1. The summed E-state index contributed by atoms with van der Waals surface area (Å²) in [5, 5.41) is 2.51. The van der Waals surface area contributed by atoms with Crippen LogP contribution in [0, 0.1) is 0 Å². The number of guanidine groups is 1. The fraction of sp³-hybridized carbons (Fsp3) is 0.833. The van der Waals surface area contributed by atoms with Crippen LogP contribution in [0.4, 0.5) is 13.2 Å². The molecular weight excluding hydrogens is 251 g/mol. The highest BCUT2D eigenvalue weighted by molar-refractivity contribution is 7.85. The third-order valence-electron chi connectivity index (χ3n) is 1.40. The van der Waals surface area contributed by atoms with Gasteiger partial charge in [-0.15, -0.1) is 0 Å². The average molecular weight is 263 g/mol. The summed E-state index contributed by atoms with van der Waals surface area (Å²) in [7, 11) is -3.67. The first-order valence-electron chi connectivity index (χ1n) is 4.06. The van der Waals surface area contributed by atoms with Gasteiger partial charge in [0.25, 0.3) is 10.1 Å². The van der Waals surface area contributed by atoms with Crippen LogP contribution >= 0.6 is 0 Å². The van der Waals surface area contributed by atoms with Gasteiger partial charge >= 0.3 is 6.18 Å². The lowest BCUT2D eigenvalue weighted by Crippen LogP contribution is -2.43. The van der Waals surface area contributed by atoms with Crippen LogP contribution in [0.2, 0.25) is 0 Å². The van der Waals surface area contributed by atoms with Crippen LogP contribution in [0.25, 0.3) is 0 Å². The van der Waals surface area contributed by atoms with Gasteiger partial charge < -0.3 is 11.1 Å². The molecule has 10 heteroatoms. The van der Waals surface area contributed by atoms with Crippen molar-refractivity contribution >= 4 is 16.1 Å². The topological polar surface area (TPSA) is 105 Å². The molecule has 1 heterocycles. The molecular formula is C6H12F3N3O3S. The van der Waals surface area contributed by atoms with E-state index in [0.29, 0.717) is 6.26 Å². The second-order valence-electron chi connectivity index (χ2n) is 3.02. The predicted molar refractivity (Wildman–Crippen MR) is 51.6 cm³/mol. The molecule has 6 nitrogen and oxygen atoms in total. The van der Waals surface area contributed by atoms with Crippen molar-refractivity contribution in [3.63, 3.8) is 0 Å². The maximum absolute atomic E-state index is 11.9. The van der Waals surface area contributed by atoms with Crippen LogP contribution in [0.3, 0.4) is 0 Å². The van der Waals surface area contributed by atoms with E-state index in [1.165, 1.54) is 0 Å². The molecule has 1 aliphatic heterocycles. The average Bonchev–Trinajstić information content (AvgIpc) is 1.99. The molecule has 0 amide bonds. The van der Waals surface area contributed by atoms with Crippen molar-refractivity contribution in [2.24, 2.45) is 10.7 Å². The molecule has 0 saturated heterocycles. The highest BCUT2D eigenvalue weighted by Gasteiger charge is 2.40. The minimum atomic E-state index is -4.26. The van der Waals surface area contributed by atoms with Crippen LogP contribution in [0.15, 0.2) is 4.99 Å². The zero-order chi connectivity index (χ0) is 13.0. The fourth-order valence-corrected chi connectivity index (χ4v) is 0.852. The van der Waals surface area contributed by atoms with E-state index in [9.17, 15) is 21.6 Å². The number of halogens is 3. The van der Waals surface area contributed by atoms with Gasteiger partial charge in [-0.3, -0.25) is 4.55 Å². The minimum Gasteiger partial charge on any atom is -0.370 e. The van der Waals surface area contributed by atoms with Gasteiger partial charge in [0.05, 0.1) is 6.26 Å². The Balaban J connectivity index is 0.000000385. The summed E-state index contributed by atoms with van der Waals surface area (Å²) in [5.41, 5.74) is 5.06. The largest absolute Gasteiger partial charge is 0.410 e. The molecule has 0 bridgehead atoms. The Morgan fingerprint density at radius 3 is 2.25 bits per heavy atom. The maximum Gasteiger partial charge on any atom is 0.410 e.